The van der Waals surface area contributed by atoms with Crippen LogP contribution in [0.2, 0.25) is 0 Å². The topological polar surface area (TPSA) is 21.1 Å². The van der Waals surface area contributed by atoms with Gasteiger partial charge in [-0.1, -0.05) is 0 Å². The quantitative estimate of drug-likeness (QED) is 0.789. The largest absolute Gasteiger partial charge is 0.337 e. The summed E-state index contributed by atoms with van der Waals surface area (Å²) in [5, 5.41) is 0. The van der Waals surface area contributed by atoms with Gasteiger partial charge in [-0.25, -0.2) is 13.8 Å². The van der Waals surface area contributed by atoms with Gasteiger partial charge in [-0.15, -0.1) is 0 Å². The first-order valence-electron chi connectivity index (χ1n) is 5.63. The zero-order valence-corrected chi connectivity index (χ0v) is 9.44. The maximum Gasteiger partial charge on any atom is 0.241 e. The first-order valence-corrected chi connectivity index (χ1v) is 5.63. The van der Waals surface area contributed by atoms with E-state index in [1.54, 1.807) is 6.20 Å². The van der Waals surface area contributed by atoms with Crippen LogP contribution in [0, 0.1) is 5.92 Å². The number of imidazole rings is 1. The average molecular weight is 229 g/mol. The van der Waals surface area contributed by atoms with Gasteiger partial charge in [-0.2, -0.15) is 0 Å². The molecule has 1 aliphatic rings. The number of aryl methyl sites for hydroxylation is 1. The SMILES string of the molecule is Cn1ccnc1CN1CCC(C(F)F)CC1. The summed E-state index contributed by atoms with van der Waals surface area (Å²) < 4.78 is 26.9. The smallest absolute Gasteiger partial charge is 0.241 e. The summed E-state index contributed by atoms with van der Waals surface area (Å²) in [5.74, 6) is 0.591. The van der Waals surface area contributed by atoms with Crippen LogP contribution in [0.25, 0.3) is 0 Å². The van der Waals surface area contributed by atoms with Crippen LogP contribution in [0.15, 0.2) is 12.4 Å². The highest BCUT2D eigenvalue weighted by molar-refractivity contribution is 4.91. The Kier molecular flexibility index (Phi) is 3.53. The third-order valence-corrected chi connectivity index (χ3v) is 3.27. The number of hydrogen-bond donors (Lipinski definition) is 0. The van der Waals surface area contributed by atoms with Gasteiger partial charge in [0.15, 0.2) is 0 Å². The Balaban J connectivity index is 1.84. The molecule has 0 atom stereocenters. The Morgan fingerprint density at radius 2 is 2.12 bits per heavy atom. The second kappa shape index (κ2) is 4.91. The molecule has 1 aromatic rings. The molecule has 2 rings (SSSR count). The van der Waals surface area contributed by atoms with Crippen molar-refractivity contribution in [2.75, 3.05) is 13.1 Å². The number of nitrogens with zero attached hydrogens (tertiary/aromatic N) is 3. The van der Waals surface area contributed by atoms with Crippen LogP contribution >= 0.6 is 0 Å². The minimum Gasteiger partial charge on any atom is -0.337 e. The van der Waals surface area contributed by atoms with Gasteiger partial charge in [-0.3, -0.25) is 4.90 Å². The maximum atomic E-state index is 12.5. The summed E-state index contributed by atoms with van der Waals surface area (Å²) in [6, 6.07) is 0. The van der Waals surface area contributed by atoms with E-state index in [4.69, 9.17) is 0 Å². The van der Waals surface area contributed by atoms with E-state index in [0.29, 0.717) is 12.8 Å². The van der Waals surface area contributed by atoms with Gasteiger partial charge in [0.25, 0.3) is 0 Å². The number of likely N-dealkylation sites (tertiary alicyclic amines) is 1. The second-order valence-corrected chi connectivity index (χ2v) is 4.40. The van der Waals surface area contributed by atoms with Gasteiger partial charge in [0, 0.05) is 25.4 Å². The van der Waals surface area contributed by atoms with E-state index in [1.807, 2.05) is 17.8 Å². The van der Waals surface area contributed by atoms with E-state index in [2.05, 4.69) is 9.88 Å². The molecule has 1 aromatic heterocycles. The highest BCUT2D eigenvalue weighted by atomic mass is 19.3. The summed E-state index contributed by atoms with van der Waals surface area (Å²) in [5.41, 5.74) is 0. The Hall–Kier alpha value is -0.970. The fourth-order valence-electron chi connectivity index (χ4n) is 2.11. The normalized spacial score (nSPS) is 19.5. The lowest BCUT2D eigenvalue weighted by Gasteiger charge is -2.31. The third-order valence-electron chi connectivity index (χ3n) is 3.27. The lowest BCUT2D eigenvalue weighted by molar-refractivity contribution is 0.0329. The molecule has 0 amide bonds. The highest BCUT2D eigenvalue weighted by Gasteiger charge is 2.26. The Labute approximate surface area is 94.1 Å². The molecular formula is C11H17F2N3. The van der Waals surface area contributed by atoms with Crippen LogP contribution < -0.4 is 0 Å². The predicted molar refractivity (Wildman–Crippen MR) is 57.2 cm³/mol. The molecule has 0 aliphatic carbocycles. The van der Waals surface area contributed by atoms with Crippen molar-refractivity contribution in [1.82, 2.24) is 14.5 Å². The molecule has 0 aromatic carbocycles. The molecular weight excluding hydrogens is 212 g/mol. The number of rotatable bonds is 3. The van der Waals surface area contributed by atoms with E-state index in [-0.39, 0.29) is 0 Å². The van der Waals surface area contributed by atoms with Crippen molar-refractivity contribution in [3.05, 3.63) is 18.2 Å². The first-order chi connectivity index (χ1) is 7.66. The summed E-state index contributed by atoms with van der Waals surface area (Å²) in [6.07, 6.45) is 2.71. The standard InChI is InChI=1S/C11H17F2N3/c1-15-7-4-14-10(15)8-16-5-2-9(3-6-16)11(12)13/h4,7,9,11H,2-3,5-6,8H2,1H3. The monoisotopic (exact) mass is 229 g/mol. The number of hydrogen-bond acceptors (Lipinski definition) is 2. The third kappa shape index (κ3) is 2.58. The summed E-state index contributed by atoms with van der Waals surface area (Å²) in [4.78, 5) is 6.43. The molecule has 1 aliphatic heterocycles. The minimum absolute atomic E-state index is 0.405. The predicted octanol–water partition coefficient (Wildman–Crippen LogP) is 1.90. The Morgan fingerprint density at radius 3 is 2.62 bits per heavy atom. The van der Waals surface area contributed by atoms with Gasteiger partial charge in [0.05, 0.1) is 6.54 Å². The van der Waals surface area contributed by atoms with Crippen LogP contribution in [-0.2, 0) is 13.6 Å². The average Bonchev–Trinajstić information content (AvgIpc) is 2.65. The molecule has 2 heterocycles. The Morgan fingerprint density at radius 1 is 1.44 bits per heavy atom. The molecule has 5 heteroatoms. The van der Waals surface area contributed by atoms with E-state index in [9.17, 15) is 8.78 Å². The Bertz CT molecular complexity index is 330. The van der Waals surface area contributed by atoms with Crippen LogP contribution in [-0.4, -0.2) is 34.0 Å². The molecule has 0 N–H and O–H groups in total. The van der Waals surface area contributed by atoms with Crippen molar-refractivity contribution in [3.8, 4) is 0 Å². The van der Waals surface area contributed by atoms with E-state index in [0.717, 1.165) is 25.5 Å². The van der Waals surface area contributed by atoms with Crippen LogP contribution in [0.3, 0.4) is 0 Å². The molecule has 0 unspecified atom stereocenters. The van der Waals surface area contributed by atoms with Crippen LogP contribution in [0.1, 0.15) is 18.7 Å². The number of alkyl halides is 2. The lowest BCUT2D eigenvalue weighted by atomic mass is 9.97. The minimum atomic E-state index is -2.16. The number of aromatic nitrogens is 2. The lowest BCUT2D eigenvalue weighted by Crippen LogP contribution is -2.36. The maximum absolute atomic E-state index is 12.5. The summed E-state index contributed by atoms with van der Waals surface area (Å²) >= 11 is 0. The molecule has 16 heavy (non-hydrogen) atoms. The van der Waals surface area contributed by atoms with Gasteiger partial charge >= 0.3 is 0 Å². The van der Waals surface area contributed by atoms with Gasteiger partial charge < -0.3 is 4.57 Å². The zero-order chi connectivity index (χ0) is 11.5. The number of halogens is 2. The fourth-order valence-corrected chi connectivity index (χ4v) is 2.11. The summed E-state index contributed by atoms with van der Waals surface area (Å²) in [7, 11) is 1.95. The molecule has 90 valence electrons. The molecule has 0 spiro atoms. The van der Waals surface area contributed by atoms with Crippen molar-refractivity contribution in [2.45, 2.75) is 25.8 Å². The van der Waals surface area contributed by atoms with Crippen LogP contribution in [0.5, 0.6) is 0 Å². The van der Waals surface area contributed by atoms with Crippen LogP contribution in [0.4, 0.5) is 8.78 Å². The van der Waals surface area contributed by atoms with Crippen molar-refractivity contribution in [1.29, 1.82) is 0 Å². The molecule has 0 bridgehead atoms. The molecule has 3 nitrogen and oxygen atoms in total. The van der Waals surface area contributed by atoms with Crippen molar-refractivity contribution in [3.63, 3.8) is 0 Å². The second-order valence-electron chi connectivity index (χ2n) is 4.40. The molecule has 1 fully saturated rings. The van der Waals surface area contributed by atoms with Crippen molar-refractivity contribution < 1.29 is 8.78 Å². The molecule has 1 saturated heterocycles. The fraction of sp³-hybridized carbons (Fsp3) is 0.727. The molecule has 0 saturated carbocycles. The molecule has 0 radical (unpaired) electrons. The zero-order valence-electron chi connectivity index (χ0n) is 9.44. The first kappa shape index (κ1) is 11.5. The van der Waals surface area contributed by atoms with Crippen molar-refractivity contribution in [2.24, 2.45) is 13.0 Å². The van der Waals surface area contributed by atoms with E-state index in [1.165, 1.54) is 0 Å². The van der Waals surface area contributed by atoms with E-state index < -0.39 is 12.3 Å². The number of piperidine rings is 1. The van der Waals surface area contributed by atoms with E-state index >= 15 is 0 Å². The van der Waals surface area contributed by atoms with Gasteiger partial charge in [0.2, 0.25) is 6.43 Å². The van der Waals surface area contributed by atoms with Crippen molar-refractivity contribution >= 4 is 0 Å². The van der Waals surface area contributed by atoms with Gasteiger partial charge in [0.1, 0.15) is 5.82 Å². The highest BCUT2D eigenvalue weighted by Crippen LogP contribution is 2.24. The summed E-state index contributed by atoms with van der Waals surface area (Å²) in [6.45, 7) is 2.27. The van der Waals surface area contributed by atoms with Gasteiger partial charge in [-0.05, 0) is 25.9 Å².